The number of amides is 2. The molecule has 0 saturated heterocycles. The summed E-state index contributed by atoms with van der Waals surface area (Å²) in [6, 6.07) is 17.1. The first-order valence-corrected chi connectivity index (χ1v) is 12.6. The molecule has 1 aliphatic rings. The zero-order chi connectivity index (χ0) is 24.2. The number of hydrogen-bond donors (Lipinski definition) is 0. The predicted molar refractivity (Wildman–Crippen MR) is 136 cm³/mol. The number of hydrogen-bond acceptors (Lipinski definition) is 2. The molecule has 2 amide bonds. The van der Waals surface area contributed by atoms with Crippen LogP contribution in [0.1, 0.15) is 65.5 Å². The summed E-state index contributed by atoms with van der Waals surface area (Å²) in [7, 11) is 0. The monoisotopic (exact) mass is 448 g/mol. The lowest BCUT2D eigenvalue weighted by Gasteiger charge is -2.38. The molecule has 4 heteroatoms. The zero-order valence-corrected chi connectivity index (χ0v) is 21.2. The molecule has 0 saturated carbocycles. The van der Waals surface area contributed by atoms with Crippen LogP contribution in [0.15, 0.2) is 48.5 Å². The van der Waals surface area contributed by atoms with Gasteiger partial charge in [0.15, 0.2) is 0 Å². The van der Waals surface area contributed by atoms with E-state index in [-0.39, 0.29) is 29.1 Å². The molecule has 1 aliphatic carbocycles. The average molecular weight is 449 g/mol. The van der Waals surface area contributed by atoms with Crippen LogP contribution in [-0.4, -0.2) is 47.8 Å². The molecular weight excluding hydrogens is 408 g/mol. The van der Waals surface area contributed by atoms with E-state index in [1.54, 1.807) is 0 Å². The lowest BCUT2D eigenvalue weighted by molar-refractivity contribution is -0.135. The number of fused-ring (bicyclic) bond motifs is 3. The van der Waals surface area contributed by atoms with Gasteiger partial charge in [-0.15, -0.1) is 0 Å². The van der Waals surface area contributed by atoms with E-state index in [1.807, 2.05) is 37.5 Å². The van der Waals surface area contributed by atoms with Gasteiger partial charge in [0.1, 0.15) is 0 Å². The van der Waals surface area contributed by atoms with E-state index in [0.29, 0.717) is 12.8 Å². The van der Waals surface area contributed by atoms with Crippen LogP contribution in [0.2, 0.25) is 0 Å². The van der Waals surface area contributed by atoms with Crippen LogP contribution in [0.4, 0.5) is 0 Å². The van der Waals surface area contributed by atoms with Crippen LogP contribution in [-0.2, 0) is 15.0 Å². The van der Waals surface area contributed by atoms with Crippen LogP contribution in [0.25, 0.3) is 11.1 Å². The Morgan fingerprint density at radius 2 is 1.00 bits per heavy atom. The second-order valence-electron chi connectivity index (χ2n) is 9.40. The van der Waals surface area contributed by atoms with Crippen LogP contribution in [0.3, 0.4) is 0 Å². The predicted octanol–water partition coefficient (Wildman–Crippen LogP) is 5.74. The van der Waals surface area contributed by atoms with Crippen molar-refractivity contribution in [2.45, 2.75) is 59.8 Å². The molecule has 0 heterocycles. The quantitative estimate of drug-likeness (QED) is 0.465. The van der Waals surface area contributed by atoms with Crippen molar-refractivity contribution >= 4 is 11.8 Å². The molecule has 0 aromatic heterocycles. The highest BCUT2D eigenvalue weighted by molar-refractivity contribution is 5.84. The molecule has 33 heavy (non-hydrogen) atoms. The van der Waals surface area contributed by atoms with E-state index in [1.165, 1.54) is 22.3 Å². The Labute approximate surface area is 200 Å². The maximum Gasteiger partial charge on any atom is 0.225 e. The highest BCUT2D eigenvalue weighted by atomic mass is 16.2. The van der Waals surface area contributed by atoms with Crippen molar-refractivity contribution in [1.29, 1.82) is 0 Å². The maximum atomic E-state index is 13.3. The Kier molecular flexibility index (Phi) is 7.99. The summed E-state index contributed by atoms with van der Waals surface area (Å²) < 4.78 is 0. The van der Waals surface area contributed by atoms with Crippen molar-refractivity contribution < 1.29 is 9.59 Å². The van der Waals surface area contributed by atoms with Gasteiger partial charge in [-0.25, -0.2) is 0 Å². The molecule has 4 nitrogen and oxygen atoms in total. The summed E-state index contributed by atoms with van der Waals surface area (Å²) in [6.07, 6.45) is 1.40. The van der Waals surface area contributed by atoms with Gasteiger partial charge in [-0.3, -0.25) is 9.59 Å². The minimum absolute atomic E-state index is 0.139. The fraction of sp³-hybridized carbons (Fsp3) is 0.517. The molecule has 0 bridgehead atoms. The summed E-state index contributed by atoms with van der Waals surface area (Å²) in [4.78, 5) is 30.5. The normalized spacial score (nSPS) is 15.3. The van der Waals surface area contributed by atoms with Gasteiger partial charge in [-0.1, -0.05) is 62.4 Å². The molecule has 0 fully saturated rings. The van der Waals surface area contributed by atoms with Gasteiger partial charge < -0.3 is 9.80 Å². The van der Waals surface area contributed by atoms with Crippen LogP contribution >= 0.6 is 0 Å². The number of carbonyl (C=O) groups is 2. The Morgan fingerprint density at radius 3 is 1.33 bits per heavy atom. The van der Waals surface area contributed by atoms with Crippen molar-refractivity contribution in [2.24, 2.45) is 11.8 Å². The van der Waals surface area contributed by atoms with E-state index in [4.69, 9.17) is 0 Å². The Hall–Kier alpha value is -2.62. The third-order valence-corrected chi connectivity index (χ3v) is 7.48. The van der Waals surface area contributed by atoms with Crippen LogP contribution < -0.4 is 0 Å². The van der Waals surface area contributed by atoms with Gasteiger partial charge in [0, 0.05) is 43.4 Å². The summed E-state index contributed by atoms with van der Waals surface area (Å²) in [5, 5.41) is 0. The summed E-state index contributed by atoms with van der Waals surface area (Å²) >= 11 is 0. The number of nitrogens with zero attached hydrogens (tertiary/aromatic N) is 2. The smallest absolute Gasteiger partial charge is 0.225 e. The molecule has 2 unspecified atom stereocenters. The van der Waals surface area contributed by atoms with E-state index >= 15 is 0 Å². The third kappa shape index (κ3) is 4.58. The van der Waals surface area contributed by atoms with Gasteiger partial charge in [-0.05, 0) is 62.8 Å². The lowest BCUT2D eigenvalue weighted by atomic mass is 9.67. The number of rotatable bonds is 10. The molecule has 178 valence electrons. The lowest BCUT2D eigenvalue weighted by Crippen LogP contribution is -2.41. The summed E-state index contributed by atoms with van der Waals surface area (Å²) in [5.74, 6) is 0.118. The Morgan fingerprint density at radius 1 is 0.667 bits per heavy atom. The van der Waals surface area contributed by atoms with Gasteiger partial charge in [0.05, 0.1) is 0 Å². The molecule has 0 N–H and O–H groups in total. The highest BCUT2D eigenvalue weighted by Crippen LogP contribution is 2.55. The average Bonchev–Trinajstić information content (AvgIpc) is 3.10. The standard InChI is InChI=1S/C29H40N2O2/c1-7-30(8-2)27(32)21(5)19-29(20-22(6)28(33)31(9-3)10-4)25-17-13-11-15-23(25)24-16-12-14-18-26(24)29/h11-18,21-22H,7-10,19-20H2,1-6H3. The van der Waals surface area contributed by atoms with Crippen molar-refractivity contribution in [2.75, 3.05) is 26.2 Å². The van der Waals surface area contributed by atoms with Crippen molar-refractivity contribution in [1.82, 2.24) is 9.80 Å². The third-order valence-electron chi connectivity index (χ3n) is 7.48. The molecule has 0 aliphatic heterocycles. The molecular formula is C29H40N2O2. The van der Waals surface area contributed by atoms with Crippen LogP contribution in [0, 0.1) is 11.8 Å². The number of carbonyl (C=O) groups excluding carboxylic acids is 2. The first-order valence-electron chi connectivity index (χ1n) is 12.6. The van der Waals surface area contributed by atoms with E-state index < -0.39 is 0 Å². The molecule has 2 aromatic rings. The Balaban J connectivity index is 2.10. The fourth-order valence-corrected chi connectivity index (χ4v) is 5.85. The van der Waals surface area contributed by atoms with Crippen molar-refractivity contribution in [3.63, 3.8) is 0 Å². The molecule has 3 rings (SSSR count). The SMILES string of the molecule is CCN(CC)C(=O)C(C)CC1(CC(C)C(=O)N(CC)CC)c2ccccc2-c2ccccc21. The van der Waals surface area contributed by atoms with Gasteiger partial charge in [0.25, 0.3) is 0 Å². The minimum Gasteiger partial charge on any atom is -0.343 e. The molecule has 2 aromatic carbocycles. The molecule has 0 spiro atoms. The van der Waals surface area contributed by atoms with E-state index in [2.05, 4.69) is 62.4 Å². The second kappa shape index (κ2) is 10.5. The summed E-state index contributed by atoms with van der Waals surface area (Å²) in [6.45, 7) is 15.1. The van der Waals surface area contributed by atoms with E-state index in [0.717, 1.165) is 26.2 Å². The first-order chi connectivity index (χ1) is 15.8. The van der Waals surface area contributed by atoms with E-state index in [9.17, 15) is 9.59 Å². The van der Waals surface area contributed by atoms with Gasteiger partial charge in [0.2, 0.25) is 11.8 Å². The van der Waals surface area contributed by atoms with Crippen molar-refractivity contribution in [3.05, 3.63) is 59.7 Å². The maximum absolute atomic E-state index is 13.3. The topological polar surface area (TPSA) is 40.6 Å². The van der Waals surface area contributed by atoms with Crippen LogP contribution in [0.5, 0.6) is 0 Å². The molecule has 2 atom stereocenters. The first kappa shape index (κ1) is 25.0. The largest absolute Gasteiger partial charge is 0.343 e. The van der Waals surface area contributed by atoms with Gasteiger partial charge in [-0.2, -0.15) is 0 Å². The second-order valence-corrected chi connectivity index (χ2v) is 9.40. The minimum atomic E-state index is -0.363. The van der Waals surface area contributed by atoms with Crippen molar-refractivity contribution in [3.8, 4) is 11.1 Å². The van der Waals surface area contributed by atoms with Gasteiger partial charge >= 0.3 is 0 Å². The highest BCUT2D eigenvalue weighted by Gasteiger charge is 2.46. The number of benzene rings is 2. The Bertz CT molecular complexity index is 896. The summed E-state index contributed by atoms with van der Waals surface area (Å²) in [5.41, 5.74) is 4.61. The molecule has 0 radical (unpaired) electrons. The fourth-order valence-electron chi connectivity index (χ4n) is 5.85. The zero-order valence-electron chi connectivity index (χ0n) is 21.2.